The van der Waals surface area contributed by atoms with Crippen LogP contribution >= 0.6 is 0 Å². The van der Waals surface area contributed by atoms with Gasteiger partial charge in [-0.15, -0.1) is 0 Å². The number of rotatable bonds is 5. The largest absolute Gasteiger partial charge is 0.493 e. The number of ether oxygens (including phenoxy) is 3. The van der Waals surface area contributed by atoms with Gasteiger partial charge in [0.25, 0.3) is 0 Å². The van der Waals surface area contributed by atoms with Gasteiger partial charge in [0, 0.05) is 19.5 Å². The highest BCUT2D eigenvalue weighted by atomic mass is 16.5. The number of nitrogens with zero attached hydrogens (tertiary/aromatic N) is 1. The Hall–Kier alpha value is -1.75. The summed E-state index contributed by atoms with van der Waals surface area (Å²) < 4.78 is 16.2. The molecule has 2 unspecified atom stereocenters. The molecular weight excluding hydrogens is 282 g/mol. The monoisotopic (exact) mass is 307 g/mol. The molecule has 0 aliphatic carbocycles. The molecule has 122 valence electrons. The van der Waals surface area contributed by atoms with Crippen molar-refractivity contribution in [3.05, 3.63) is 23.8 Å². The van der Waals surface area contributed by atoms with E-state index in [1.165, 1.54) is 0 Å². The van der Waals surface area contributed by atoms with Gasteiger partial charge in [-0.1, -0.05) is 6.07 Å². The molecule has 0 aromatic heterocycles. The lowest BCUT2D eigenvalue weighted by Crippen LogP contribution is -2.48. The summed E-state index contributed by atoms with van der Waals surface area (Å²) in [6.45, 7) is 5.36. The molecule has 2 rings (SSSR count). The summed E-state index contributed by atoms with van der Waals surface area (Å²) in [7, 11) is 3.23. The zero-order valence-electron chi connectivity index (χ0n) is 13.8. The van der Waals surface area contributed by atoms with Crippen LogP contribution in [0.15, 0.2) is 18.2 Å². The number of benzene rings is 1. The summed E-state index contributed by atoms with van der Waals surface area (Å²) in [4.78, 5) is 14.3. The quantitative estimate of drug-likeness (QED) is 0.837. The van der Waals surface area contributed by atoms with Crippen LogP contribution in [0.3, 0.4) is 0 Å². The van der Waals surface area contributed by atoms with Crippen molar-refractivity contribution in [3.63, 3.8) is 0 Å². The van der Waals surface area contributed by atoms with Crippen LogP contribution in [0.1, 0.15) is 25.8 Å². The molecule has 0 spiro atoms. The van der Waals surface area contributed by atoms with E-state index in [9.17, 15) is 4.79 Å². The van der Waals surface area contributed by atoms with E-state index < -0.39 is 0 Å². The van der Waals surface area contributed by atoms with Crippen molar-refractivity contribution < 1.29 is 19.0 Å². The first-order valence-electron chi connectivity index (χ1n) is 7.67. The van der Waals surface area contributed by atoms with Crippen LogP contribution in [0.4, 0.5) is 0 Å². The molecule has 1 aromatic carbocycles. The summed E-state index contributed by atoms with van der Waals surface area (Å²) in [5, 5.41) is 0. The Bertz CT molecular complexity index is 507. The lowest BCUT2D eigenvalue weighted by Gasteiger charge is -2.35. The smallest absolute Gasteiger partial charge is 0.223 e. The number of carbonyl (C=O) groups excluding carboxylic acids is 1. The van der Waals surface area contributed by atoms with Crippen molar-refractivity contribution in [2.75, 3.05) is 27.3 Å². The second-order valence-electron chi connectivity index (χ2n) is 5.75. The van der Waals surface area contributed by atoms with Crippen LogP contribution in [0.2, 0.25) is 0 Å². The molecule has 1 saturated heterocycles. The molecule has 0 N–H and O–H groups in total. The van der Waals surface area contributed by atoms with Gasteiger partial charge in [-0.05, 0) is 38.0 Å². The van der Waals surface area contributed by atoms with E-state index in [2.05, 4.69) is 0 Å². The van der Waals surface area contributed by atoms with E-state index in [4.69, 9.17) is 14.2 Å². The highest BCUT2D eigenvalue weighted by molar-refractivity contribution is 5.76. The number of morpholine rings is 1. The summed E-state index contributed by atoms with van der Waals surface area (Å²) in [6, 6.07) is 5.77. The molecule has 1 aromatic rings. The average Bonchev–Trinajstić information content (AvgIpc) is 2.51. The van der Waals surface area contributed by atoms with Gasteiger partial charge in [0.1, 0.15) is 0 Å². The zero-order valence-corrected chi connectivity index (χ0v) is 13.8. The fraction of sp³-hybridized carbons (Fsp3) is 0.588. The van der Waals surface area contributed by atoms with Crippen LogP contribution in [0.25, 0.3) is 0 Å². The van der Waals surface area contributed by atoms with E-state index in [0.717, 1.165) is 5.56 Å². The molecular formula is C17H25NO4. The first-order chi connectivity index (χ1) is 10.5. The SMILES string of the molecule is COc1ccc(CCC(=O)N2CC(C)OC(C)C2)cc1OC. The maximum absolute atomic E-state index is 12.4. The Labute approximate surface area is 132 Å². The minimum absolute atomic E-state index is 0.105. The normalized spacial score (nSPS) is 21.5. The van der Waals surface area contributed by atoms with Crippen molar-refractivity contribution in [2.24, 2.45) is 0 Å². The Balaban J connectivity index is 1.93. The second-order valence-corrected chi connectivity index (χ2v) is 5.75. The molecule has 22 heavy (non-hydrogen) atoms. The first kappa shape index (κ1) is 16.6. The molecule has 2 atom stereocenters. The Kier molecular flexibility index (Phi) is 5.66. The van der Waals surface area contributed by atoms with Crippen molar-refractivity contribution in [1.29, 1.82) is 0 Å². The molecule has 0 radical (unpaired) electrons. The van der Waals surface area contributed by atoms with Crippen molar-refractivity contribution in [2.45, 2.75) is 38.9 Å². The van der Waals surface area contributed by atoms with Crippen molar-refractivity contribution in [1.82, 2.24) is 4.90 Å². The van der Waals surface area contributed by atoms with E-state index in [0.29, 0.717) is 37.4 Å². The van der Waals surface area contributed by atoms with Gasteiger partial charge in [-0.25, -0.2) is 0 Å². The maximum atomic E-state index is 12.4. The van der Waals surface area contributed by atoms with Crippen LogP contribution in [-0.4, -0.2) is 50.3 Å². The van der Waals surface area contributed by atoms with Crippen LogP contribution < -0.4 is 9.47 Å². The summed E-state index contributed by atoms with van der Waals surface area (Å²) in [5.74, 6) is 1.58. The van der Waals surface area contributed by atoms with Crippen LogP contribution in [-0.2, 0) is 16.0 Å². The number of amides is 1. The highest BCUT2D eigenvalue weighted by Gasteiger charge is 2.25. The van der Waals surface area contributed by atoms with E-state index >= 15 is 0 Å². The molecule has 1 aliphatic heterocycles. The predicted molar refractivity (Wildman–Crippen MR) is 84.5 cm³/mol. The van der Waals surface area contributed by atoms with Gasteiger partial charge in [0.2, 0.25) is 5.91 Å². The average molecular weight is 307 g/mol. The fourth-order valence-corrected chi connectivity index (χ4v) is 2.83. The third-order valence-corrected chi connectivity index (χ3v) is 3.85. The van der Waals surface area contributed by atoms with E-state index in [1.807, 2.05) is 36.9 Å². The number of hydrogen-bond donors (Lipinski definition) is 0. The predicted octanol–water partition coefficient (Wildman–Crippen LogP) is 2.27. The van der Waals surface area contributed by atoms with Crippen LogP contribution in [0, 0.1) is 0 Å². The van der Waals surface area contributed by atoms with Crippen molar-refractivity contribution >= 4 is 5.91 Å². The van der Waals surface area contributed by atoms with Gasteiger partial charge in [0.05, 0.1) is 26.4 Å². The first-order valence-corrected chi connectivity index (χ1v) is 7.67. The molecule has 5 nitrogen and oxygen atoms in total. The lowest BCUT2D eigenvalue weighted by molar-refractivity contribution is -0.143. The number of carbonyl (C=O) groups is 1. The molecule has 5 heteroatoms. The molecule has 1 amide bonds. The maximum Gasteiger partial charge on any atom is 0.223 e. The van der Waals surface area contributed by atoms with E-state index in [1.54, 1.807) is 14.2 Å². The third kappa shape index (κ3) is 4.13. The summed E-state index contributed by atoms with van der Waals surface area (Å²) in [5.41, 5.74) is 1.07. The van der Waals surface area contributed by atoms with Gasteiger partial charge >= 0.3 is 0 Å². The number of methoxy groups -OCH3 is 2. The topological polar surface area (TPSA) is 48.0 Å². The molecule has 1 fully saturated rings. The molecule has 1 aliphatic rings. The summed E-state index contributed by atoms with van der Waals surface area (Å²) >= 11 is 0. The molecule has 1 heterocycles. The van der Waals surface area contributed by atoms with Gasteiger partial charge in [-0.2, -0.15) is 0 Å². The minimum Gasteiger partial charge on any atom is -0.493 e. The molecule has 0 saturated carbocycles. The van der Waals surface area contributed by atoms with Gasteiger partial charge < -0.3 is 19.1 Å². The van der Waals surface area contributed by atoms with Crippen LogP contribution in [0.5, 0.6) is 11.5 Å². The van der Waals surface area contributed by atoms with E-state index in [-0.39, 0.29) is 18.1 Å². The Morgan fingerprint density at radius 3 is 2.41 bits per heavy atom. The number of aryl methyl sites for hydroxylation is 1. The standard InChI is InChI=1S/C17H25NO4/c1-12-10-18(11-13(2)22-12)17(19)8-6-14-5-7-15(20-3)16(9-14)21-4/h5,7,9,12-13H,6,8,10-11H2,1-4H3. The second kappa shape index (κ2) is 7.49. The number of hydrogen-bond acceptors (Lipinski definition) is 4. The zero-order chi connectivity index (χ0) is 16.1. The van der Waals surface area contributed by atoms with Gasteiger partial charge in [-0.3, -0.25) is 4.79 Å². The lowest BCUT2D eigenvalue weighted by atomic mass is 10.1. The fourth-order valence-electron chi connectivity index (χ4n) is 2.83. The van der Waals surface area contributed by atoms with Gasteiger partial charge in [0.15, 0.2) is 11.5 Å². The van der Waals surface area contributed by atoms with Crippen molar-refractivity contribution in [3.8, 4) is 11.5 Å². The Morgan fingerprint density at radius 2 is 1.82 bits per heavy atom. The molecule has 0 bridgehead atoms. The summed E-state index contributed by atoms with van der Waals surface area (Å²) in [6.07, 6.45) is 1.40. The Morgan fingerprint density at radius 1 is 1.18 bits per heavy atom. The minimum atomic E-state index is 0.105. The third-order valence-electron chi connectivity index (χ3n) is 3.85. The highest BCUT2D eigenvalue weighted by Crippen LogP contribution is 2.28.